The Labute approximate surface area is 219 Å². The fourth-order valence-electron chi connectivity index (χ4n) is 3.80. The lowest BCUT2D eigenvalue weighted by Gasteiger charge is -2.10. The molecule has 0 radical (unpaired) electrons. The van der Waals surface area contributed by atoms with Crippen LogP contribution in [0.2, 0.25) is 5.02 Å². The van der Waals surface area contributed by atoms with Crippen LogP contribution in [0.1, 0.15) is 98.3 Å². The van der Waals surface area contributed by atoms with E-state index in [1.807, 2.05) is 0 Å². The van der Waals surface area contributed by atoms with Crippen molar-refractivity contribution in [2.24, 2.45) is 0 Å². The summed E-state index contributed by atoms with van der Waals surface area (Å²) in [4.78, 5) is 37.2. The predicted molar refractivity (Wildman–Crippen MR) is 144 cm³/mol. The zero-order chi connectivity index (χ0) is 26.2. The number of hydrogen-bond acceptors (Lipinski definition) is 5. The van der Waals surface area contributed by atoms with Crippen molar-refractivity contribution in [2.75, 3.05) is 19.0 Å². The van der Waals surface area contributed by atoms with E-state index in [-0.39, 0.29) is 22.9 Å². The molecule has 0 fully saturated rings. The molecule has 0 aliphatic rings. The minimum absolute atomic E-state index is 0.262. The molecule has 7 heteroatoms. The topological polar surface area (TPSA) is 81.7 Å². The minimum atomic E-state index is -0.520. The van der Waals surface area contributed by atoms with Gasteiger partial charge in [0.05, 0.1) is 36.4 Å². The van der Waals surface area contributed by atoms with Gasteiger partial charge in [0.1, 0.15) is 5.75 Å². The number of carbonyl (C=O) groups excluding carboxylic acids is 3. The molecule has 0 aromatic heterocycles. The number of benzene rings is 2. The molecular weight excluding hydrogens is 478 g/mol. The van der Waals surface area contributed by atoms with Crippen LogP contribution in [0.3, 0.4) is 0 Å². The van der Waals surface area contributed by atoms with Gasteiger partial charge in [-0.1, -0.05) is 76.3 Å². The number of methoxy groups -OCH3 is 1. The Morgan fingerprint density at radius 1 is 0.806 bits per heavy atom. The molecule has 196 valence electrons. The number of ether oxygens (including phenoxy) is 2. The Bertz CT molecular complexity index is 974. The molecule has 2 aromatic rings. The van der Waals surface area contributed by atoms with E-state index in [4.69, 9.17) is 21.1 Å². The van der Waals surface area contributed by atoms with E-state index < -0.39 is 11.9 Å². The van der Waals surface area contributed by atoms with Crippen molar-refractivity contribution < 1.29 is 23.9 Å². The summed E-state index contributed by atoms with van der Waals surface area (Å²) < 4.78 is 10.5. The second kappa shape index (κ2) is 16.7. The van der Waals surface area contributed by atoms with Crippen molar-refractivity contribution in [1.82, 2.24) is 0 Å². The zero-order valence-corrected chi connectivity index (χ0v) is 22.2. The highest BCUT2D eigenvalue weighted by atomic mass is 35.5. The van der Waals surface area contributed by atoms with Crippen molar-refractivity contribution in [3.63, 3.8) is 0 Å². The second-order valence-electron chi connectivity index (χ2n) is 8.89. The highest BCUT2D eigenvalue weighted by molar-refractivity contribution is 6.34. The summed E-state index contributed by atoms with van der Waals surface area (Å²) in [5, 5.41) is 2.89. The van der Waals surface area contributed by atoms with Crippen molar-refractivity contribution >= 4 is 34.9 Å². The van der Waals surface area contributed by atoms with Crippen LogP contribution in [0.4, 0.5) is 5.69 Å². The molecule has 1 N–H and O–H groups in total. The summed E-state index contributed by atoms with van der Waals surface area (Å²) in [5.74, 6) is -0.695. The molecule has 0 atom stereocenters. The maximum atomic E-state index is 12.4. The van der Waals surface area contributed by atoms with E-state index in [9.17, 15) is 14.4 Å². The van der Waals surface area contributed by atoms with Crippen LogP contribution in [0.5, 0.6) is 5.75 Å². The van der Waals surface area contributed by atoms with Crippen LogP contribution < -0.4 is 10.1 Å². The third-order valence-corrected chi connectivity index (χ3v) is 6.27. The van der Waals surface area contributed by atoms with E-state index >= 15 is 0 Å². The number of amides is 1. The standard InChI is InChI=1S/C29H38ClNO5/c1-3-4-5-6-7-8-9-10-11-12-19-36-29(34)23-15-18-25(30)26(20-23)31-28(33)21-27(32)22-13-16-24(35-2)17-14-22/h13-18,20H,3-12,19,21H2,1-2H3,(H,31,33). The molecule has 0 bridgehead atoms. The van der Waals surface area contributed by atoms with Gasteiger partial charge in [-0.05, 0) is 48.9 Å². The Morgan fingerprint density at radius 2 is 1.39 bits per heavy atom. The normalized spacial score (nSPS) is 10.6. The van der Waals surface area contributed by atoms with Gasteiger partial charge >= 0.3 is 5.97 Å². The number of unbranched alkanes of at least 4 members (excludes halogenated alkanes) is 9. The predicted octanol–water partition coefficient (Wildman–Crippen LogP) is 7.64. The van der Waals surface area contributed by atoms with Gasteiger partial charge in [-0.2, -0.15) is 0 Å². The van der Waals surface area contributed by atoms with Gasteiger partial charge in [0, 0.05) is 5.56 Å². The maximum Gasteiger partial charge on any atom is 0.338 e. The molecule has 0 aliphatic carbocycles. The lowest BCUT2D eigenvalue weighted by molar-refractivity contribution is -0.115. The monoisotopic (exact) mass is 515 g/mol. The largest absolute Gasteiger partial charge is 0.497 e. The Morgan fingerprint density at radius 3 is 2.00 bits per heavy atom. The van der Waals surface area contributed by atoms with E-state index in [0.29, 0.717) is 23.5 Å². The third kappa shape index (κ3) is 10.8. The van der Waals surface area contributed by atoms with E-state index in [0.717, 1.165) is 19.3 Å². The van der Waals surface area contributed by atoms with Crippen LogP contribution in [0, 0.1) is 0 Å². The van der Waals surface area contributed by atoms with E-state index in [1.165, 1.54) is 64.2 Å². The Kier molecular flexibility index (Phi) is 13.7. The van der Waals surface area contributed by atoms with Gasteiger partial charge < -0.3 is 14.8 Å². The van der Waals surface area contributed by atoms with Crippen LogP contribution in [-0.2, 0) is 9.53 Å². The van der Waals surface area contributed by atoms with E-state index in [2.05, 4.69) is 12.2 Å². The molecule has 0 spiro atoms. The molecule has 1 amide bonds. The fourth-order valence-corrected chi connectivity index (χ4v) is 3.97. The number of nitrogens with one attached hydrogen (secondary N) is 1. The smallest absolute Gasteiger partial charge is 0.338 e. The van der Waals surface area contributed by atoms with Gasteiger partial charge in [0.25, 0.3) is 0 Å². The van der Waals surface area contributed by atoms with Crippen molar-refractivity contribution in [2.45, 2.75) is 77.6 Å². The first-order chi connectivity index (χ1) is 17.4. The van der Waals surface area contributed by atoms with Crippen molar-refractivity contribution in [3.05, 3.63) is 58.6 Å². The second-order valence-corrected chi connectivity index (χ2v) is 9.30. The molecule has 2 rings (SSSR count). The highest BCUT2D eigenvalue weighted by Gasteiger charge is 2.15. The molecule has 2 aromatic carbocycles. The zero-order valence-electron chi connectivity index (χ0n) is 21.4. The molecule has 0 unspecified atom stereocenters. The minimum Gasteiger partial charge on any atom is -0.497 e. The van der Waals surface area contributed by atoms with Gasteiger partial charge in [-0.15, -0.1) is 0 Å². The van der Waals surface area contributed by atoms with Gasteiger partial charge in [-0.25, -0.2) is 4.79 Å². The number of Topliss-reactive ketones (excluding diaryl/α,β-unsaturated/α-hetero) is 1. The first-order valence-electron chi connectivity index (χ1n) is 12.9. The average Bonchev–Trinajstić information content (AvgIpc) is 2.88. The summed E-state index contributed by atoms with van der Waals surface area (Å²) in [5.41, 5.74) is 0.960. The quantitative estimate of drug-likeness (QED) is 0.101. The van der Waals surface area contributed by atoms with Gasteiger partial charge in [0.2, 0.25) is 5.91 Å². The molecule has 0 aliphatic heterocycles. The van der Waals surface area contributed by atoms with Crippen LogP contribution in [0.15, 0.2) is 42.5 Å². The van der Waals surface area contributed by atoms with Crippen molar-refractivity contribution in [1.29, 1.82) is 0 Å². The lowest BCUT2D eigenvalue weighted by Crippen LogP contribution is -2.17. The van der Waals surface area contributed by atoms with E-state index in [1.54, 1.807) is 30.3 Å². The molecule has 6 nitrogen and oxygen atoms in total. The van der Waals surface area contributed by atoms with Crippen molar-refractivity contribution in [3.8, 4) is 5.75 Å². The first-order valence-corrected chi connectivity index (χ1v) is 13.3. The van der Waals surface area contributed by atoms with Crippen LogP contribution >= 0.6 is 11.6 Å². The summed E-state index contributed by atoms with van der Waals surface area (Å²) in [7, 11) is 1.54. The molecule has 0 saturated heterocycles. The third-order valence-electron chi connectivity index (χ3n) is 5.94. The maximum absolute atomic E-state index is 12.4. The number of ketones is 1. The SMILES string of the molecule is CCCCCCCCCCCCOC(=O)c1ccc(Cl)c(NC(=O)CC(=O)c2ccc(OC)cc2)c1. The number of carbonyl (C=O) groups is 3. The number of anilines is 1. The van der Waals surface area contributed by atoms with Gasteiger partial charge in [-0.3, -0.25) is 9.59 Å². The summed E-state index contributed by atoms with van der Waals surface area (Å²) in [6.45, 7) is 2.59. The van der Waals surface area contributed by atoms with Crippen LogP contribution in [0.25, 0.3) is 0 Å². The summed E-state index contributed by atoms with van der Waals surface area (Å²) >= 11 is 6.19. The molecule has 0 saturated carbocycles. The summed E-state index contributed by atoms with van der Waals surface area (Å²) in [6.07, 6.45) is 11.7. The fraction of sp³-hybridized carbons (Fsp3) is 0.483. The molecule has 0 heterocycles. The Hall–Kier alpha value is -2.86. The van der Waals surface area contributed by atoms with Gasteiger partial charge in [0.15, 0.2) is 5.78 Å². The number of esters is 1. The first kappa shape index (κ1) is 29.4. The Balaban J connectivity index is 1.73. The highest BCUT2D eigenvalue weighted by Crippen LogP contribution is 2.24. The van der Waals surface area contributed by atoms with Crippen LogP contribution in [-0.4, -0.2) is 31.4 Å². The number of hydrogen-bond donors (Lipinski definition) is 1. The average molecular weight is 516 g/mol. The molecule has 36 heavy (non-hydrogen) atoms. The summed E-state index contributed by atoms with van der Waals surface area (Å²) in [6, 6.07) is 11.1. The molecular formula is C29H38ClNO5. The lowest BCUT2D eigenvalue weighted by atomic mass is 10.1. The number of halogens is 1. The number of rotatable bonds is 17.